The highest BCUT2D eigenvalue weighted by atomic mass is 16.1. The third-order valence-corrected chi connectivity index (χ3v) is 1.84. The fraction of sp³-hybridized carbons (Fsp3) is 0.300. The molecule has 68 valence electrons. The normalized spacial score (nSPS) is 9.15. The van der Waals surface area contributed by atoms with Crippen LogP contribution in [0.5, 0.6) is 0 Å². The molecule has 0 N–H and O–H groups in total. The van der Waals surface area contributed by atoms with E-state index < -0.39 is 0 Å². The molecule has 3 heteroatoms. The van der Waals surface area contributed by atoms with E-state index in [4.69, 9.17) is 0 Å². The summed E-state index contributed by atoms with van der Waals surface area (Å²) in [5.41, 5.74) is 2.88. The van der Waals surface area contributed by atoms with Crippen LogP contribution in [0, 0.1) is 6.92 Å². The zero-order valence-electron chi connectivity index (χ0n) is 8.03. The summed E-state index contributed by atoms with van der Waals surface area (Å²) in [6.07, 6.45) is 1.52. The maximum atomic E-state index is 10.0. The number of aliphatic imine (C=N–C) groups is 1. The van der Waals surface area contributed by atoms with Gasteiger partial charge in [0.25, 0.3) is 0 Å². The van der Waals surface area contributed by atoms with E-state index in [9.17, 15) is 4.79 Å². The van der Waals surface area contributed by atoms with Crippen LogP contribution in [-0.2, 0) is 4.79 Å². The Bertz CT molecular complexity index is 352. The Labute approximate surface area is 77.7 Å². The Hall–Kier alpha value is -1.60. The molecule has 0 heterocycles. The van der Waals surface area contributed by atoms with Gasteiger partial charge in [-0.05, 0) is 30.7 Å². The second-order valence-corrected chi connectivity index (χ2v) is 3.07. The van der Waals surface area contributed by atoms with Crippen LogP contribution >= 0.6 is 0 Å². The number of rotatable bonds is 2. The number of aryl methyl sites for hydroxylation is 1. The Morgan fingerprint density at radius 1 is 1.38 bits per heavy atom. The summed E-state index contributed by atoms with van der Waals surface area (Å²) >= 11 is 0. The van der Waals surface area contributed by atoms with Crippen molar-refractivity contribution >= 4 is 17.5 Å². The number of hydrogen-bond donors (Lipinski definition) is 0. The smallest absolute Gasteiger partial charge is 0.240 e. The minimum absolute atomic E-state index is 0.651. The predicted molar refractivity (Wildman–Crippen MR) is 53.3 cm³/mol. The molecule has 0 spiro atoms. The Kier molecular flexibility index (Phi) is 2.83. The number of carbonyl (C=O) groups excluding carboxylic acids is 1. The van der Waals surface area contributed by atoms with Gasteiger partial charge < -0.3 is 4.90 Å². The predicted octanol–water partition coefficient (Wildman–Crippen LogP) is 2.03. The first kappa shape index (κ1) is 9.49. The van der Waals surface area contributed by atoms with Crippen LogP contribution in [-0.4, -0.2) is 20.2 Å². The molecule has 0 aromatic heterocycles. The third kappa shape index (κ3) is 2.17. The van der Waals surface area contributed by atoms with Crippen molar-refractivity contribution < 1.29 is 4.79 Å². The fourth-order valence-corrected chi connectivity index (χ4v) is 1.26. The van der Waals surface area contributed by atoms with Gasteiger partial charge in [-0.1, -0.05) is 0 Å². The van der Waals surface area contributed by atoms with Crippen LogP contribution in [0.1, 0.15) is 5.56 Å². The molecule has 1 rings (SSSR count). The van der Waals surface area contributed by atoms with Gasteiger partial charge in [0.1, 0.15) is 0 Å². The molecule has 0 unspecified atom stereocenters. The third-order valence-electron chi connectivity index (χ3n) is 1.84. The van der Waals surface area contributed by atoms with Gasteiger partial charge >= 0.3 is 0 Å². The molecule has 0 saturated heterocycles. The number of isocyanates is 1. The summed E-state index contributed by atoms with van der Waals surface area (Å²) in [7, 11) is 3.95. The zero-order chi connectivity index (χ0) is 9.84. The monoisotopic (exact) mass is 176 g/mol. The molecule has 13 heavy (non-hydrogen) atoms. The highest BCUT2D eigenvalue weighted by molar-refractivity contribution is 5.60. The lowest BCUT2D eigenvalue weighted by atomic mass is 10.1. The maximum absolute atomic E-state index is 10.0. The van der Waals surface area contributed by atoms with Crippen LogP contribution in [0.4, 0.5) is 11.4 Å². The average Bonchev–Trinajstić information content (AvgIpc) is 2.04. The van der Waals surface area contributed by atoms with Gasteiger partial charge in [-0.2, -0.15) is 4.99 Å². The van der Waals surface area contributed by atoms with Crippen LogP contribution in [0.2, 0.25) is 0 Å². The first-order valence-electron chi connectivity index (χ1n) is 4.01. The van der Waals surface area contributed by atoms with Gasteiger partial charge in [-0.25, -0.2) is 4.79 Å². The van der Waals surface area contributed by atoms with E-state index in [-0.39, 0.29) is 0 Å². The molecule has 0 aliphatic carbocycles. The first-order valence-corrected chi connectivity index (χ1v) is 4.01. The van der Waals surface area contributed by atoms with Gasteiger partial charge in [0.05, 0.1) is 5.69 Å². The largest absolute Gasteiger partial charge is 0.377 e. The van der Waals surface area contributed by atoms with Crippen molar-refractivity contribution in [2.75, 3.05) is 19.0 Å². The summed E-state index contributed by atoms with van der Waals surface area (Å²) in [5.74, 6) is 0. The van der Waals surface area contributed by atoms with E-state index >= 15 is 0 Å². The first-order chi connectivity index (χ1) is 6.15. The topological polar surface area (TPSA) is 32.7 Å². The van der Waals surface area contributed by atoms with Gasteiger partial charge in [-0.15, -0.1) is 0 Å². The fourth-order valence-electron chi connectivity index (χ4n) is 1.26. The molecule has 1 aromatic rings. The van der Waals surface area contributed by atoms with Crippen molar-refractivity contribution in [2.24, 2.45) is 4.99 Å². The average molecular weight is 176 g/mol. The molecule has 0 aliphatic rings. The standard InChI is InChI=1S/C10H12N2O/c1-8-6-9(11-7-13)4-5-10(8)12(2)3/h4-6H,1-3H3. The highest BCUT2D eigenvalue weighted by Crippen LogP contribution is 2.22. The number of benzene rings is 1. The van der Waals surface area contributed by atoms with E-state index in [1.807, 2.05) is 38.1 Å². The van der Waals surface area contributed by atoms with Crippen LogP contribution in [0.25, 0.3) is 0 Å². The molecule has 0 bridgehead atoms. The molecule has 0 fully saturated rings. The van der Waals surface area contributed by atoms with Crippen molar-refractivity contribution in [3.05, 3.63) is 23.8 Å². The van der Waals surface area contributed by atoms with Crippen molar-refractivity contribution in [1.29, 1.82) is 0 Å². The number of hydrogen-bond acceptors (Lipinski definition) is 3. The van der Waals surface area contributed by atoms with Crippen molar-refractivity contribution in [3.8, 4) is 0 Å². The summed E-state index contributed by atoms with van der Waals surface area (Å²) in [5, 5.41) is 0. The van der Waals surface area contributed by atoms with Gasteiger partial charge in [-0.3, -0.25) is 0 Å². The van der Waals surface area contributed by atoms with Crippen LogP contribution in [0.3, 0.4) is 0 Å². The summed E-state index contributed by atoms with van der Waals surface area (Å²) in [6.45, 7) is 1.99. The van der Waals surface area contributed by atoms with E-state index in [0.717, 1.165) is 11.3 Å². The van der Waals surface area contributed by atoms with Gasteiger partial charge in [0.15, 0.2) is 0 Å². The van der Waals surface area contributed by atoms with E-state index in [2.05, 4.69) is 4.99 Å². The molecular formula is C10H12N2O. The molecule has 0 amide bonds. The minimum Gasteiger partial charge on any atom is -0.377 e. The van der Waals surface area contributed by atoms with Crippen molar-refractivity contribution in [1.82, 2.24) is 0 Å². The quantitative estimate of drug-likeness (QED) is 0.510. The Morgan fingerprint density at radius 2 is 2.08 bits per heavy atom. The van der Waals surface area contributed by atoms with Crippen LogP contribution < -0.4 is 4.90 Å². The Balaban J connectivity index is 3.12. The zero-order valence-corrected chi connectivity index (χ0v) is 8.03. The Morgan fingerprint density at radius 3 is 2.54 bits per heavy atom. The molecule has 1 aromatic carbocycles. The molecule has 0 aliphatic heterocycles. The number of nitrogens with zero attached hydrogens (tertiary/aromatic N) is 2. The molecular weight excluding hydrogens is 164 g/mol. The van der Waals surface area contributed by atoms with Gasteiger partial charge in [0, 0.05) is 19.8 Å². The van der Waals surface area contributed by atoms with E-state index in [0.29, 0.717) is 5.69 Å². The minimum atomic E-state index is 0.651. The second-order valence-electron chi connectivity index (χ2n) is 3.07. The van der Waals surface area contributed by atoms with Crippen molar-refractivity contribution in [3.63, 3.8) is 0 Å². The van der Waals surface area contributed by atoms with E-state index in [1.54, 1.807) is 6.07 Å². The lowest BCUT2D eigenvalue weighted by molar-refractivity contribution is 0.565. The summed E-state index contributed by atoms with van der Waals surface area (Å²) < 4.78 is 0. The number of anilines is 1. The molecule has 0 atom stereocenters. The van der Waals surface area contributed by atoms with Gasteiger partial charge in [0.2, 0.25) is 6.08 Å². The maximum Gasteiger partial charge on any atom is 0.240 e. The second kappa shape index (κ2) is 3.87. The lowest BCUT2D eigenvalue weighted by Crippen LogP contribution is -2.09. The molecule has 3 nitrogen and oxygen atoms in total. The lowest BCUT2D eigenvalue weighted by Gasteiger charge is -2.15. The van der Waals surface area contributed by atoms with E-state index in [1.165, 1.54) is 6.08 Å². The van der Waals surface area contributed by atoms with Crippen LogP contribution in [0.15, 0.2) is 23.2 Å². The summed E-state index contributed by atoms with van der Waals surface area (Å²) in [4.78, 5) is 15.6. The summed E-state index contributed by atoms with van der Waals surface area (Å²) in [6, 6.07) is 5.60. The molecule has 0 radical (unpaired) electrons. The van der Waals surface area contributed by atoms with Crippen molar-refractivity contribution in [2.45, 2.75) is 6.92 Å². The highest BCUT2D eigenvalue weighted by Gasteiger charge is 2.00. The molecule has 0 saturated carbocycles. The SMILES string of the molecule is Cc1cc(N=C=O)ccc1N(C)C.